The number of rotatable bonds is 7. The fourth-order valence-electron chi connectivity index (χ4n) is 1.90. The Bertz CT molecular complexity index is 327. The van der Waals surface area contributed by atoms with Crippen LogP contribution in [0.15, 0.2) is 24.3 Å². The number of aliphatic hydroxyl groups excluding tert-OH is 1. The average Bonchev–Trinajstić information content (AvgIpc) is 3.14. The molecule has 0 amide bonds. The van der Waals surface area contributed by atoms with Gasteiger partial charge in [0.05, 0.1) is 12.2 Å². The second kappa shape index (κ2) is 6.06. The predicted molar refractivity (Wildman–Crippen MR) is 69.2 cm³/mol. The predicted octanol–water partition coefficient (Wildman–Crippen LogP) is 3.84. The minimum Gasteiger partial charge on any atom is -0.490 e. The van der Waals surface area contributed by atoms with Crippen molar-refractivity contribution >= 4 is 0 Å². The lowest BCUT2D eigenvalue weighted by Crippen LogP contribution is -1.99. The van der Waals surface area contributed by atoms with Crippen molar-refractivity contribution in [2.75, 3.05) is 0 Å². The van der Waals surface area contributed by atoms with Crippen LogP contribution >= 0.6 is 0 Å². The molecule has 0 aromatic heterocycles. The Morgan fingerprint density at radius 3 is 2.53 bits per heavy atom. The zero-order valence-electron chi connectivity index (χ0n) is 10.6. The summed E-state index contributed by atoms with van der Waals surface area (Å²) in [5, 5.41) is 9.99. The summed E-state index contributed by atoms with van der Waals surface area (Å²) in [5.41, 5.74) is 1.00. The van der Waals surface area contributed by atoms with Gasteiger partial charge in [0.15, 0.2) is 0 Å². The van der Waals surface area contributed by atoms with Gasteiger partial charge in [-0.2, -0.15) is 0 Å². The number of benzene rings is 1. The molecule has 1 saturated carbocycles. The molecule has 1 N–H and O–H groups in total. The van der Waals surface area contributed by atoms with E-state index in [-0.39, 0.29) is 6.10 Å². The number of ether oxygens (including phenoxy) is 1. The number of unbranched alkanes of at least 4 members (excludes halogenated alkanes) is 2. The van der Waals surface area contributed by atoms with E-state index in [0.717, 1.165) is 24.2 Å². The van der Waals surface area contributed by atoms with Gasteiger partial charge in [-0.05, 0) is 37.0 Å². The van der Waals surface area contributed by atoms with E-state index in [0.29, 0.717) is 6.10 Å². The van der Waals surface area contributed by atoms with Crippen LogP contribution in [0.25, 0.3) is 0 Å². The maximum Gasteiger partial charge on any atom is 0.119 e. The van der Waals surface area contributed by atoms with Crippen molar-refractivity contribution in [2.24, 2.45) is 0 Å². The zero-order chi connectivity index (χ0) is 12.1. The molecule has 0 bridgehead atoms. The van der Waals surface area contributed by atoms with E-state index in [2.05, 4.69) is 6.92 Å². The average molecular weight is 234 g/mol. The molecule has 0 heterocycles. The van der Waals surface area contributed by atoms with Crippen LogP contribution in [0.4, 0.5) is 0 Å². The smallest absolute Gasteiger partial charge is 0.119 e. The van der Waals surface area contributed by atoms with Crippen LogP contribution in [0.1, 0.15) is 57.1 Å². The van der Waals surface area contributed by atoms with Gasteiger partial charge in [0.1, 0.15) is 5.75 Å². The van der Waals surface area contributed by atoms with Crippen LogP contribution in [0, 0.1) is 0 Å². The van der Waals surface area contributed by atoms with Crippen molar-refractivity contribution < 1.29 is 9.84 Å². The molecule has 0 aliphatic heterocycles. The Balaban J connectivity index is 1.82. The topological polar surface area (TPSA) is 29.5 Å². The van der Waals surface area contributed by atoms with Gasteiger partial charge in [-0.3, -0.25) is 0 Å². The minimum atomic E-state index is -0.323. The maximum absolute atomic E-state index is 9.99. The van der Waals surface area contributed by atoms with Crippen molar-refractivity contribution in [1.29, 1.82) is 0 Å². The molecule has 94 valence electrons. The van der Waals surface area contributed by atoms with Gasteiger partial charge in [-0.1, -0.05) is 38.3 Å². The van der Waals surface area contributed by atoms with Gasteiger partial charge in [0.2, 0.25) is 0 Å². The second-order valence-corrected chi connectivity index (χ2v) is 4.90. The Labute approximate surface area is 104 Å². The van der Waals surface area contributed by atoms with Gasteiger partial charge in [-0.25, -0.2) is 0 Å². The number of aliphatic hydroxyl groups is 1. The molecule has 1 aromatic rings. The molecule has 1 aliphatic rings. The van der Waals surface area contributed by atoms with Crippen molar-refractivity contribution in [3.63, 3.8) is 0 Å². The largest absolute Gasteiger partial charge is 0.490 e. The van der Waals surface area contributed by atoms with Crippen molar-refractivity contribution in [3.8, 4) is 5.75 Å². The standard InChI is InChI=1S/C15H22O2/c1-2-3-4-5-15(16)12-6-8-13(9-7-12)17-14-10-11-14/h6-9,14-16H,2-5,10-11H2,1H3. The first-order valence-electron chi connectivity index (χ1n) is 6.74. The van der Waals surface area contributed by atoms with E-state index >= 15 is 0 Å². The van der Waals surface area contributed by atoms with E-state index in [1.54, 1.807) is 0 Å². The molecule has 0 saturated heterocycles. The molecule has 0 spiro atoms. The summed E-state index contributed by atoms with van der Waals surface area (Å²) >= 11 is 0. The quantitative estimate of drug-likeness (QED) is 0.726. The van der Waals surface area contributed by atoms with Crippen LogP contribution in [0.5, 0.6) is 5.75 Å². The molecular formula is C15H22O2. The highest BCUT2D eigenvalue weighted by molar-refractivity contribution is 5.29. The Kier molecular flexibility index (Phi) is 4.43. The highest BCUT2D eigenvalue weighted by atomic mass is 16.5. The lowest BCUT2D eigenvalue weighted by molar-refractivity contribution is 0.163. The third-order valence-electron chi connectivity index (χ3n) is 3.17. The molecule has 2 rings (SSSR count). The molecule has 2 nitrogen and oxygen atoms in total. The Hall–Kier alpha value is -1.02. The molecule has 1 aliphatic carbocycles. The van der Waals surface area contributed by atoms with E-state index in [1.807, 2.05) is 24.3 Å². The SMILES string of the molecule is CCCCCC(O)c1ccc(OC2CC2)cc1. The van der Waals surface area contributed by atoms with Gasteiger partial charge in [0, 0.05) is 0 Å². The normalized spacial score (nSPS) is 16.8. The number of hydrogen-bond acceptors (Lipinski definition) is 2. The van der Waals surface area contributed by atoms with Crippen LogP contribution in [-0.4, -0.2) is 11.2 Å². The van der Waals surface area contributed by atoms with Crippen molar-refractivity contribution in [1.82, 2.24) is 0 Å². The van der Waals surface area contributed by atoms with Crippen LogP contribution in [0.3, 0.4) is 0 Å². The van der Waals surface area contributed by atoms with E-state index in [1.165, 1.54) is 25.7 Å². The zero-order valence-corrected chi connectivity index (χ0v) is 10.6. The molecule has 2 heteroatoms. The summed E-state index contributed by atoms with van der Waals surface area (Å²) in [4.78, 5) is 0. The molecule has 1 unspecified atom stereocenters. The van der Waals surface area contributed by atoms with E-state index in [4.69, 9.17) is 4.74 Å². The highest BCUT2D eigenvalue weighted by Gasteiger charge is 2.23. The first-order chi connectivity index (χ1) is 8.29. The van der Waals surface area contributed by atoms with Crippen molar-refractivity contribution in [2.45, 2.75) is 57.7 Å². The molecule has 1 atom stereocenters. The summed E-state index contributed by atoms with van der Waals surface area (Å²) < 4.78 is 5.68. The molecule has 1 aromatic carbocycles. The summed E-state index contributed by atoms with van der Waals surface area (Å²) in [7, 11) is 0. The minimum absolute atomic E-state index is 0.323. The Morgan fingerprint density at radius 2 is 1.94 bits per heavy atom. The lowest BCUT2D eigenvalue weighted by Gasteiger charge is -2.11. The molecule has 1 fully saturated rings. The van der Waals surface area contributed by atoms with E-state index in [9.17, 15) is 5.11 Å². The molecular weight excluding hydrogens is 212 g/mol. The Morgan fingerprint density at radius 1 is 1.24 bits per heavy atom. The first-order valence-corrected chi connectivity index (χ1v) is 6.74. The fourth-order valence-corrected chi connectivity index (χ4v) is 1.90. The third kappa shape index (κ3) is 4.04. The summed E-state index contributed by atoms with van der Waals surface area (Å²) in [6.45, 7) is 2.18. The van der Waals surface area contributed by atoms with E-state index < -0.39 is 0 Å². The van der Waals surface area contributed by atoms with Gasteiger partial charge < -0.3 is 9.84 Å². The fraction of sp³-hybridized carbons (Fsp3) is 0.600. The summed E-state index contributed by atoms with van der Waals surface area (Å²) in [6.07, 6.45) is 6.82. The number of hydrogen-bond donors (Lipinski definition) is 1. The van der Waals surface area contributed by atoms with Crippen LogP contribution < -0.4 is 4.74 Å². The second-order valence-electron chi connectivity index (χ2n) is 4.90. The summed E-state index contributed by atoms with van der Waals surface area (Å²) in [5.74, 6) is 0.928. The van der Waals surface area contributed by atoms with Crippen LogP contribution in [0.2, 0.25) is 0 Å². The lowest BCUT2D eigenvalue weighted by atomic mass is 10.0. The van der Waals surface area contributed by atoms with Crippen LogP contribution in [-0.2, 0) is 0 Å². The third-order valence-corrected chi connectivity index (χ3v) is 3.17. The first kappa shape index (κ1) is 12.4. The van der Waals surface area contributed by atoms with Gasteiger partial charge in [-0.15, -0.1) is 0 Å². The molecule has 0 radical (unpaired) electrons. The highest BCUT2D eigenvalue weighted by Crippen LogP contribution is 2.28. The maximum atomic E-state index is 9.99. The van der Waals surface area contributed by atoms with Crippen molar-refractivity contribution in [3.05, 3.63) is 29.8 Å². The van der Waals surface area contributed by atoms with Gasteiger partial charge >= 0.3 is 0 Å². The van der Waals surface area contributed by atoms with Gasteiger partial charge in [0.25, 0.3) is 0 Å². The molecule has 17 heavy (non-hydrogen) atoms. The summed E-state index contributed by atoms with van der Waals surface area (Å²) in [6, 6.07) is 7.90. The monoisotopic (exact) mass is 234 g/mol.